The molecule has 0 atom stereocenters. The normalized spacial score (nSPS) is 18.6. The minimum atomic E-state index is -0.154. The van der Waals surface area contributed by atoms with Crippen LogP contribution < -0.4 is 20.3 Å². The van der Waals surface area contributed by atoms with E-state index in [1.54, 1.807) is 18.3 Å². The number of rotatable bonds is 7. The van der Waals surface area contributed by atoms with Gasteiger partial charge in [0.25, 0.3) is 5.91 Å². The Kier molecular flexibility index (Phi) is 8.82. The van der Waals surface area contributed by atoms with Gasteiger partial charge < -0.3 is 20.3 Å². The number of hydrogen-bond acceptors (Lipinski definition) is 7. The van der Waals surface area contributed by atoms with E-state index in [4.69, 9.17) is 14.7 Å². The van der Waals surface area contributed by atoms with Crippen LogP contribution in [0, 0.1) is 0 Å². The number of carbonyl (C=O) groups excluding carboxylic acids is 1. The number of nitrogens with zero attached hydrogens (tertiary/aromatic N) is 4. The molecule has 9 heteroatoms. The van der Waals surface area contributed by atoms with Crippen molar-refractivity contribution < 1.29 is 9.53 Å². The number of fused-ring (bicyclic) bond motifs is 1. The first-order valence-corrected chi connectivity index (χ1v) is 12.9. The lowest BCUT2D eigenvalue weighted by molar-refractivity contribution is 0.0923. The van der Waals surface area contributed by atoms with Gasteiger partial charge in [-0.05, 0) is 75.6 Å². The van der Waals surface area contributed by atoms with Crippen LogP contribution in [0.2, 0.25) is 0 Å². The van der Waals surface area contributed by atoms with Crippen molar-refractivity contribution in [3.8, 4) is 11.6 Å². The fourth-order valence-electron chi connectivity index (χ4n) is 5.08. The van der Waals surface area contributed by atoms with Crippen molar-refractivity contribution in [2.45, 2.75) is 63.5 Å². The van der Waals surface area contributed by atoms with Crippen molar-refractivity contribution in [1.82, 2.24) is 20.3 Å². The van der Waals surface area contributed by atoms with Gasteiger partial charge in [0, 0.05) is 37.9 Å². The Balaban J connectivity index is 0.00000320. The lowest BCUT2D eigenvalue weighted by atomic mass is 9.91. The van der Waals surface area contributed by atoms with Crippen LogP contribution in [0.5, 0.6) is 11.6 Å². The highest BCUT2D eigenvalue weighted by molar-refractivity contribution is 5.96. The molecular weight excluding hydrogens is 488 g/mol. The highest BCUT2D eigenvalue weighted by atomic mass is 35.5. The number of ether oxygens (including phenoxy) is 1. The molecule has 2 N–H and O–H groups in total. The molecule has 0 bridgehead atoms. The van der Waals surface area contributed by atoms with Gasteiger partial charge in [-0.1, -0.05) is 18.2 Å². The zero-order valence-electron chi connectivity index (χ0n) is 21.4. The molecule has 1 saturated carbocycles. The summed E-state index contributed by atoms with van der Waals surface area (Å²) in [4.78, 5) is 29.2. The summed E-state index contributed by atoms with van der Waals surface area (Å²) >= 11 is 0. The first-order chi connectivity index (χ1) is 17.6. The maximum Gasteiger partial charge on any atom is 0.257 e. The van der Waals surface area contributed by atoms with Crippen molar-refractivity contribution in [2.75, 3.05) is 24.3 Å². The van der Waals surface area contributed by atoms with Gasteiger partial charge >= 0.3 is 0 Å². The Hall–Kier alpha value is -3.39. The van der Waals surface area contributed by atoms with Crippen LogP contribution in [0.1, 0.15) is 60.1 Å². The number of para-hydroxylation sites is 1. The molecule has 3 aromatic rings. The first-order valence-electron chi connectivity index (χ1n) is 12.9. The summed E-state index contributed by atoms with van der Waals surface area (Å²) in [6.45, 7) is 0. The summed E-state index contributed by atoms with van der Waals surface area (Å²) in [6, 6.07) is 13.3. The van der Waals surface area contributed by atoms with E-state index in [-0.39, 0.29) is 24.4 Å². The molecule has 0 unspecified atom stereocenters. The third-order valence-electron chi connectivity index (χ3n) is 6.95. The van der Waals surface area contributed by atoms with Gasteiger partial charge in [-0.15, -0.1) is 12.4 Å². The van der Waals surface area contributed by atoms with Gasteiger partial charge in [-0.3, -0.25) is 4.79 Å². The summed E-state index contributed by atoms with van der Waals surface area (Å²) in [5.41, 5.74) is 2.93. The van der Waals surface area contributed by atoms with Crippen LogP contribution in [0.4, 0.5) is 11.8 Å². The third kappa shape index (κ3) is 6.49. The number of hydrogen-bond donors (Lipinski definition) is 2. The van der Waals surface area contributed by atoms with Crippen molar-refractivity contribution in [2.24, 2.45) is 0 Å². The Morgan fingerprint density at radius 2 is 1.68 bits per heavy atom. The fourth-order valence-corrected chi connectivity index (χ4v) is 5.08. The number of amides is 1. The molecule has 0 spiro atoms. The Labute approximate surface area is 224 Å². The summed E-state index contributed by atoms with van der Waals surface area (Å²) in [5, 5.41) is 6.76. The summed E-state index contributed by atoms with van der Waals surface area (Å²) in [6.07, 6.45) is 9.80. The van der Waals surface area contributed by atoms with Crippen molar-refractivity contribution in [3.63, 3.8) is 0 Å². The van der Waals surface area contributed by atoms with Crippen LogP contribution >= 0.6 is 12.4 Å². The standard InChI is InChI=1S/C28H34N6O2.ClH/c1-34(2)25-22-11-6-7-13-24(22)32-28(33-25)31-20-16-14-19(15-17-20)30-26(35)23-12-8-18-29-27(23)36-21-9-4-3-5-10-21;/h3-5,8-10,12,18-20H,6-7,11,13-17H2,1-2H3,(H,30,35)(H,31,32,33);1H/t19-,20+;. The molecule has 8 nitrogen and oxygen atoms in total. The van der Waals surface area contributed by atoms with Crippen LogP contribution in [-0.2, 0) is 12.8 Å². The predicted octanol–water partition coefficient (Wildman–Crippen LogP) is 5.18. The van der Waals surface area contributed by atoms with Crippen molar-refractivity contribution in [1.29, 1.82) is 0 Å². The second kappa shape index (κ2) is 12.2. The molecule has 1 aromatic carbocycles. The number of carbonyl (C=O) groups is 1. The van der Waals surface area contributed by atoms with Gasteiger partial charge in [0.15, 0.2) is 0 Å². The van der Waals surface area contributed by atoms with Gasteiger partial charge in [0.2, 0.25) is 11.8 Å². The molecule has 2 aliphatic carbocycles. The molecule has 2 aliphatic rings. The maximum atomic E-state index is 13.1. The summed E-state index contributed by atoms with van der Waals surface area (Å²) < 4.78 is 5.87. The molecule has 196 valence electrons. The van der Waals surface area contributed by atoms with Crippen LogP contribution in [0.3, 0.4) is 0 Å². The smallest absolute Gasteiger partial charge is 0.257 e. The average molecular weight is 523 g/mol. The number of anilines is 2. The molecule has 0 saturated heterocycles. The molecule has 2 heterocycles. The molecule has 1 fully saturated rings. The molecule has 0 aliphatic heterocycles. The van der Waals surface area contributed by atoms with Gasteiger partial charge in [-0.2, -0.15) is 4.98 Å². The van der Waals surface area contributed by atoms with Crippen molar-refractivity contribution >= 4 is 30.1 Å². The van der Waals surface area contributed by atoms with E-state index in [2.05, 4.69) is 20.5 Å². The van der Waals surface area contributed by atoms with E-state index in [9.17, 15) is 4.79 Å². The average Bonchev–Trinajstić information content (AvgIpc) is 2.90. The van der Waals surface area contributed by atoms with Gasteiger partial charge in [-0.25, -0.2) is 9.97 Å². The molecule has 0 radical (unpaired) electrons. The zero-order valence-corrected chi connectivity index (χ0v) is 22.3. The van der Waals surface area contributed by atoms with Crippen LogP contribution in [0.15, 0.2) is 48.7 Å². The molecule has 2 aromatic heterocycles. The Morgan fingerprint density at radius 3 is 2.43 bits per heavy atom. The first kappa shape index (κ1) is 26.7. The largest absolute Gasteiger partial charge is 0.438 e. The second-order valence-electron chi connectivity index (χ2n) is 9.84. The lowest BCUT2D eigenvalue weighted by Gasteiger charge is -2.30. The van der Waals surface area contributed by atoms with Crippen molar-refractivity contribution in [3.05, 3.63) is 65.5 Å². The highest BCUT2D eigenvalue weighted by Crippen LogP contribution is 2.30. The molecule has 37 heavy (non-hydrogen) atoms. The van der Waals surface area contributed by atoms with E-state index in [0.29, 0.717) is 23.2 Å². The number of nitrogens with one attached hydrogen (secondary N) is 2. The topological polar surface area (TPSA) is 92.3 Å². The van der Waals surface area contributed by atoms with Gasteiger partial charge in [0.05, 0.1) is 5.69 Å². The zero-order chi connectivity index (χ0) is 24.9. The van der Waals surface area contributed by atoms with E-state index in [1.165, 1.54) is 24.1 Å². The molecule has 1 amide bonds. The van der Waals surface area contributed by atoms with Crippen LogP contribution in [-0.4, -0.2) is 47.0 Å². The highest BCUT2D eigenvalue weighted by Gasteiger charge is 2.26. The van der Waals surface area contributed by atoms with E-state index >= 15 is 0 Å². The third-order valence-corrected chi connectivity index (χ3v) is 6.95. The monoisotopic (exact) mass is 522 g/mol. The SMILES string of the molecule is CN(C)c1nc(N[C@H]2CC[C@@H](NC(=O)c3cccnc3Oc3ccccc3)CC2)nc2c1CCCC2.Cl. The Morgan fingerprint density at radius 1 is 0.946 bits per heavy atom. The number of aryl methyl sites for hydroxylation is 1. The number of halogens is 1. The number of pyridine rings is 1. The second-order valence-corrected chi connectivity index (χ2v) is 9.84. The minimum Gasteiger partial charge on any atom is -0.438 e. The number of aromatic nitrogens is 3. The van der Waals surface area contributed by atoms with E-state index < -0.39 is 0 Å². The predicted molar refractivity (Wildman–Crippen MR) is 148 cm³/mol. The molecule has 5 rings (SSSR count). The number of benzene rings is 1. The summed E-state index contributed by atoms with van der Waals surface area (Å²) in [5.74, 6) is 2.58. The Bertz CT molecular complexity index is 1200. The fraction of sp³-hybridized carbons (Fsp3) is 0.429. The van der Waals surface area contributed by atoms with Gasteiger partial charge in [0.1, 0.15) is 17.1 Å². The summed E-state index contributed by atoms with van der Waals surface area (Å²) in [7, 11) is 4.10. The minimum absolute atomic E-state index is 0. The maximum absolute atomic E-state index is 13.1. The lowest BCUT2D eigenvalue weighted by Crippen LogP contribution is -2.40. The molecular formula is C28H35ClN6O2. The van der Waals surface area contributed by atoms with E-state index in [1.807, 2.05) is 44.4 Å². The quantitative estimate of drug-likeness (QED) is 0.441. The van der Waals surface area contributed by atoms with E-state index in [0.717, 1.165) is 50.3 Å². The van der Waals surface area contributed by atoms with Crippen LogP contribution in [0.25, 0.3) is 0 Å².